The van der Waals surface area contributed by atoms with Crippen molar-refractivity contribution in [3.63, 3.8) is 0 Å². The smallest absolute Gasteiger partial charge is 0.274 e. The number of hydrogen-bond donors (Lipinski definition) is 1. The predicted molar refractivity (Wildman–Crippen MR) is 90.7 cm³/mol. The van der Waals surface area contributed by atoms with Gasteiger partial charge in [0.15, 0.2) is 5.69 Å². The Bertz CT molecular complexity index is 665. The number of aromatic nitrogens is 2. The van der Waals surface area contributed by atoms with Crippen molar-refractivity contribution in [2.24, 2.45) is 0 Å². The van der Waals surface area contributed by atoms with Gasteiger partial charge in [-0.2, -0.15) is 0 Å². The Morgan fingerprint density at radius 1 is 1.17 bits per heavy atom. The van der Waals surface area contributed by atoms with Gasteiger partial charge in [0.2, 0.25) is 0 Å². The first-order valence-electron chi connectivity index (χ1n) is 7.41. The molecular formula is C15H19N5O2S. The Balaban J connectivity index is 1.66. The highest BCUT2D eigenvalue weighted by molar-refractivity contribution is 7.10. The number of carbonyl (C=O) groups is 1. The van der Waals surface area contributed by atoms with Crippen LogP contribution in [0.4, 0.5) is 10.7 Å². The Labute approximate surface area is 139 Å². The average Bonchev–Trinajstić information content (AvgIpc) is 3.11. The van der Waals surface area contributed by atoms with Crippen molar-refractivity contribution in [2.45, 2.75) is 0 Å². The molecule has 2 heterocycles. The van der Waals surface area contributed by atoms with Gasteiger partial charge < -0.3 is 19.9 Å². The molecule has 0 atom stereocenters. The SMILES string of the molecule is CNC(=O)c1nnsc1N1CCN(c2ccc(OC)cc2)CC1. The number of hydrogen-bond acceptors (Lipinski definition) is 7. The summed E-state index contributed by atoms with van der Waals surface area (Å²) in [7, 11) is 3.27. The highest BCUT2D eigenvalue weighted by Gasteiger charge is 2.24. The molecule has 122 valence electrons. The Hall–Kier alpha value is -2.35. The maximum atomic E-state index is 11.8. The summed E-state index contributed by atoms with van der Waals surface area (Å²) in [6.07, 6.45) is 0. The second-order valence-electron chi connectivity index (χ2n) is 5.18. The first kappa shape index (κ1) is 15.5. The summed E-state index contributed by atoms with van der Waals surface area (Å²) in [6.45, 7) is 3.44. The fraction of sp³-hybridized carbons (Fsp3) is 0.400. The highest BCUT2D eigenvalue weighted by atomic mass is 32.1. The molecule has 8 heteroatoms. The predicted octanol–water partition coefficient (Wildman–Crippen LogP) is 1.23. The number of rotatable bonds is 4. The van der Waals surface area contributed by atoms with E-state index in [1.807, 2.05) is 12.1 Å². The lowest BCUT2D eigenvalue weighted by Gasteiger charge is -2.36. The number of nitrogens with zero attached hydrogens (tertiary/aromatic N) is 4. The van der Waals surface area contributed by atoms with E-state index in [1.165, 1.54) is 17.2 Å². The van der Waals surface area contributed by atoms with Crippen LogP contribution in [0.2, 0.25) is 0 Å². The zero-order chi connectivity index (χ0) is 16.2. The lowest BCUT2D eigenvalue weighted by atomic mass is 10.2. The number of carbonyl (C=O) groups excluding carboxylic acids is 1. The van der Waals surface area contributed by atoms with Crippen molar-refractivity contribution in [3.8, 4) is 5.75 Å². The van der Waals surface area contributed by atoms with Crippen LogP contribution in [0.15, 0.2) is 24.3 Å². The van der Waals surface area contributed by atoms with Crippen molar-refractivity contribution in [1.29, 1.82) is 0 Å². The summed E-state index contributed by atoms with van der Waals surface area (Å²) >= 11 is 1.27. The number of ether oxygens (including phenoxy) is 1. The van der Waals surface area contributed by atoms with Gasteiger partial charge in [0, 0.05) is 50.4 Å². The first-order valence-corrected chi connectivity index (χ1v) is 8.18. The molecule has 1 aliphatic rings. The molecule has 1 saturated heterocycles. The van der Waals surface area contributed by atoms with Gasteiger partial charge >= 0.3 is 0 Å². The van der Waals surface area contributed by atoms with Gasteiger partial charge in [-0.1, -0.05) is 4.49 Å². The molecular weight excluding hydrogens is 314 g/mol. The van der Waals surface area contributed by atoms with E-state index in [2.05, 4.69) is 36.8 Å². The van der Waals surface area contributed by atoms with Crippen LogP contribution in [-0.2, 0) is 0 Å². The molecule has 1 aromatic carbocycles. The van der Waals surface area contributed by atoms with Crippen LogP contribution in [-0.4, -0.2) is 55.8 Å². The van der Waals surface area contributed by atoms with Gasteiger partial charge in [-0.25, -0.2) is 0 Å². The Morgan fingerprint density at radius 2 is 1.83 bits per heavy atom. The molecule has 0 saturated carbocycles. The fourth-order valence-corrected chi connectivity index (χ4v) is 3.33. The highest BCUT2D eigenvalue weighted by Crippen LogP contribution is 2.26. The third kappa shape index (κ3) is 3.21. The van der Waals surface area contributed by atoms with Crippen molar-refractivity contribution in [1.82, 2.24) is 14.9 Å². The standard InChI is InChI=1S/C15H19N5O2S/c1-16-14(21)13-15(23-18-17-13)20-9-7-19(8-10-20)11-3-5-12(22-2)6-4-11/h3-6H,7-10H2,1-2H3,(H,16,21). The molecule has 1 amide bonds. The summed E-state index contributed by atoms with van der Waals surface area (Å²) in [4.78, 5) is 16.3. The lowest BCUT2D eigenvalue weighted by molar-refractivity contribution is 0.0958. The van der Waals surface area contributed by atoms with Crippen LogP contribution < -0.4 is 19.9 Å². The molecule has 3 rings (SSSR count). The minimum absolute atomic E-state index is 0.189. The monoisotopic (exact) mass is 333 g/mol. The lowest BCUT2D eigenvalue weighted by Crippen LogP contribution is -2.46. The molecule has 2 aromatic rings. The molecule has 7 nitrogen and oxygen atoms in total. The first-order chi connectivity index (χ1) is 11.2. The minimum Gasteiger partial charge on any atom is -0.497 e. The second kappa shape index (κ2) is 6.82. The van der Waals surface area contributed by atoms with Crippen molar-refractivity contribution < 1.29 is 9.53 Å². The van der Waals surface area contributed by atoms with E-state index in [0.717, 1.165) is 36.9 Å². The Morgan fingerprint density at radius 3 is 2.43 bits per heavy atom. The van der Waals surface area contributed by atoms with E-state index in [1.54, 1.807) is 14.2 Å². The van der Waals surface area contributed by atoms with Crippen molar-refractivity contribution in [2.75, 3.05) is 50.1 Å². The maximum absolute atomic E-state index is 11.8. The van der Waals surface area contributed by atoms with E-state index in [-0.39, 0.29) is 5.91 Å². The van der Waals surface area contributed by atoms with E-state index < -0.39 is 0 Å². The topological polar surface area (TPSA) is 70.6 Å². The van der Waals surface area contributed by atoms with E-state index in [0.29, 0.717) is 5.69 Å². The van der Waals surface area contributed by atoms with Crippen LogP contribution in [0, 0.1) is 0 Å². The van der Waals surface area contributed by atoms with E-state index in [9.17, 15) is 4.79 Å². The van der Waals surface area contributed by atoms with Gasteiger partial charge in [-0.05, 0) is 24.3 Å². The average molecular weight is 333 g/mol. The normalized spacial score (nSPS) is 14.7. The van der Waals surface area contributed by atoms with Crippen molar-refractivity contribution in [3.05, 3.63) is 30.0 Å². The van der Waals surface area contributed by atoms with Crippen LogP contribution in [0.3, 0.4) is 0 Å². The number of nitrogens with one attached hydrogen (secondary N) is 1. The quantitative estimate of drug-likeness (QED) is 0.908. The molecule has 0 unspecified atom stereocenters. The van der Waals surface area contributed by atoms with Crippen LogP contribution in [0.1, 0.15) is 10.5 Å². The van der Waals surface area contributed by atoms with Crippen molar-refractivity contribution >= 4 is 28.1 Å². The zero-order valence-electron chi connectivity index (χ0n) is 13.2. The molecule has 1 fully saturated rings. The molecule has 1 N–H and O–H groups in total. The van der Waals surface area contributed by atoms with Crippen LogP contribution in [0.25, 0.3) is 0 Å². The summed E-state index contributed by atoms with van der Waals surface area (Å²) < 4.78 is 9.12. The molecule has 0 aliphatic carbocycles. The van der Waals surface area contributed by atoms with E-state index in [4.69, 9.17) is 4.74 Å². The van der Waals surface area contributed by atoms with E-state index >= 15 is 0 Å². The largest absolute Gasteiger partial charge is 0.497 e. The zero-order valence-corrected chi connectivity index (χ0v) is 14.0. The Kier molecular flexibility index (Phi) is 4.61. The third-order valence-corrected chi connectivity index (χ3v) is 4.71. The molecule has 0 spiro atoms. The minimum atomic E-state index is -0.189. The molecule has 1 aliphatic heterocycles. The summed E-state index contributed by atoms with van der Waals surface area (Å²) in [6, 6.07) is 8.08. The number of piperazine rings is 1. The van der Waals surface area contributed by atoms with Gasteiger partial charge in [-0.3, -0.25) is 4.79 Å². The van der Waals surface area contributed by atoms with Gasteiger partial charge in [0.25, 0.3) is 5.91 Å². The maximum Gasteiger partial charge on any atom is 0.274 e. The van der Waals surface area contributed by atoms with Gasteiger partial charge in [0.05, 0.1) is 7.11 Å². The number of benzene rings is 1. The second-order valence-corrected chi connectivity index (χ2v) is 5.91. The number of methoxy groups -OCH3 is 1. The van der Waals surface area contributed by atoms with Crippen LogP contribution >= 0.6 is 11.5 Å². The number of amides is 1. The van der Waals surface area contributed by atoms with Gasteiger partial charge in [0.1, 0.15) is 10.8 Å². The fourth-order valence-electron chi connectivity index (χ4n) is 2.62. The number of anilines is 2. The molecule has 0 bridgehead atoms. The summed E-state index contributed by atoms with van der Waals surface area (Å²) in [5.41, 5.74) is 1.59. The molecule has 23 heavy (non-hydrogen) atoms. The summed E-state index contributed by atoms with van der Waals surface area (Å²) in [5, 5.41) is 7.40. The molecule has 1 aromatic heterocycles. The van der Waals surface area contributed by atoms with Gasteiger partial charge in [-0.15, -0.1) is 5.10 Å². The summed E-state index contributed by atoms with van der Waals surface area (Å²) in [5.74, 6) is 0.671. The molecule has 0 radical (unpaired) electrons. The van der Waals surface area contributed by atoms with Crippen LogP contribution in [0.5, 0.6) is 5.75 Å². The third-order valence-electron chi connectivity index (χ3n) is 3.92.